The van der Waals surface area contributed by atoms with Gasteiger partial charge in [0.05, 0.1) is 11.2 Å². The second-order valence-electron chi connectivity index (χ2n) is 10.3. The van der Waals surface area contributed by atoms with Gasteiger partial charge in [-0.2, -0.15) is 0 Å². The highest BCUT2D eigenvalue weighted by molar-refractivity contribution is 6.48. The van der Waals surface area contributed by atoms with Gasteiger partial charge in [-0.05, 0) is 74.6 Å². The molecule has 0 fully saturated rings. The Labute approximate surface area is 204 Å². The summed E-state index contributed by atoms with van der Waals surface area (Å²) in [4.78, 5) is 3.51. The van der Waals surface area contributed by atoms with Crippen molar-refractivity contribution in [2.45, 2.75) is 38.9 Å². The Morgan fingerprint density at radius 1 is 0.771 bits per heavy atom. The highest BCUT2D eigenvalue weighted by Crippen LogP contribution is 2.38. The molecule has 5 heteroatoms. The van der Waals surface area contributed by atoms with Crippen LogP contribution in [0.4, 0.5) is 0 Å². The molecule has 6 aromatic rings. The fraction of sp³-hybridized carbons (Fsp3) is 0.200. The molecule has 0 bridgehead atoms. The molecule has 6 rings (SSSR count). The Bertz CT molecular complexity index is 1720. The zero-order valence-corrected chi connectivity index (χ0v) is 20.3. The van der Waals surface area contributed by atoms with Crippen LogP contribution in [0.3, 0.4) is 0 Å². The van der Waals surface area contributed by atoms with Crippen molar-refractivity contribution >= 4 is 56.7 Å². The average molecular weight is 460 g/mol. The van der Waals surface area contributed by atoms with Crippen LogP contribution >= 0.6 is 0 Å². The smallest absolute Gasteiger partial charge is 0.331 e. The third-order valence-electron chi connectivity index (χ3n) is 7.28. The van der Waals surface area contributed by atoms with E-state index >= 15 is 0 Å². The number of hydrogen-bond acceptors (Lipinski definition) is 3. The highest BCUT2D eigenvalue weighted by atomic mass is 16.5. The number of aromatic nitrogens is 1. The summed E-state index contributed by atoms with van der Waals surface area (Å²) in [6.45, 7) is 7.28. The Balaban J connectivity index is 1.55. The second-order valence-corrected chi connectivity index (χ2v) is 10.3. The van der Waals surface area contributed by atoms with Crippen LogP contribution in [0, 0.1) is 0 Å². The molecule has 0 amide bonds. The van der Waals surface area contributed by atoms with Crippen molar-refractivity contribution in [2.75, 3.05) is 0 Å². The molecule has 0 aliphatic heterocycles. The summed E-state index contributed by atoms with van der Waals surface area (Å²) in [5.41, 5.74) is 5.19. The van der Waals surface area contributed by atoms with Gasteiger partial charge in [0.25, 0.3) is 0 Å². The number of aromatic amines is 1. The normalized spacial score (nSPS) is 12.8. The van der Waals surface area contributed by atoms with Gasteiger partial charge < -0.3 is 19.2 Å². The van der Waals surface area contributed by atoms with Gasteiger partial charge in [-0.3, -0.25) is 0 Å². The lowest BCUT2D eigenvalue weighted by atomic mass is 9.81. The van der Waals surface area contributed by atoms with Crippen LogP contribution in [0.15, 0.2) is 83.3 Å². The first-order chi connectivity index (χ1) is 16.7. The molecule has 1 radical (unpaired) electrons. The SMILES string of the molecule is CC(C)(O)C(C)(C)O[B]c1cc(-c2ccc3[nH]c4ccccc4c3c2)c2c(c1)oc1ccccc12. The Morgan fingerprint density at radius 2 is 1.49 bits per heavy atom. The van der Waals surface area contributed by atoms with Crippen molar-refractivity contribution in [3.05, 3.63) is 78.9 Å². The van der Waals surface area contributed by atoms with Crippen LogP contribution in [-0.2, 0) is 4.65 Å². The van der Waals surface area contributed by atoms with E-state index in [0.29, 0.717) is 0 Å². The van der Waals surface area contributed by atoms with E-state index in [9.17, 15) is 5.11 Å². The summed E-state index contributed by atoms with van der Waals surface area (Å²) in [5.74, 6) is 0. The minimum atomic E-state index is -1.00. The number of nitrogens with one attached hydrogen (secondary N) is 1. The zero-order valence-electron chi connectivity index (χ0n) is 20.3. The van der Waals surface area contributed by atoms with Crippen LogP contribution in [-0.4, -0.2) is 28.8 Å². The van der Waals surface area contributed by atoms with E-state index < -0.39 is 11.2 Å². The first-order valence-electron chi connectivity index (χ1n) is 11.9. The lowest BCUT2D eigenvalue weighted by Gasteiger charge is -2.37. The lowest BCUT2D eigenvalue weighted by molar-refractivity contribution is -0.0893. The van der Waals surface area contributed by atoms with Gasteiger partial charge in [0.15, 0.2) is 0 Å². The molecule has 0 aliphatic carbocycles. The monoisotopic (exact) mass is 460 g/mol. The number of H-pyrrole nitrogens is 1. The Kier molecular flexibility index (Phi) is 4.86. The van der Waals surface area contributed by atoms with E-state index in [1.165, 1.54) is 10.8 Å². The number of fused-ring (bicyclic) bond motifs is 6. The van der Waals surface area contributed by atoms with Crippen molar-refractivity contribution in [1.82, 2.24) is 4.98 Å². The quantitative estimate of drug-likeness (QED) is 0.282. The molecular weight excluding hydrogens is 433 g/mol. The molecule has 35 heavy (non-hydrogen) atoms. The maximum Gasteiger partial charge on any atom is 0.331 e. The molecule has 4 nitrogen and oxygen atoms in total. The molecule has 0 atom stereocenters. The molecule has 2 heterocycles. The van der Waals surface area contributed by atoms with Crippen molar-refractivity contribution in [3.63, 3.8) is 0 Å². The van der Waals surface area contributed by atoms with E-state index in [0.717, 1.165) is 49.6 Å². The predicted octanol–water partition coefficient (Wildman–Crippen LogP) is 6.70. The van der Waals surface area contributed by atoms with E-state index in [1.807, 2.05) is 44.2 Å². The van der Waals surface area contributed by atoms with Crippen molar-refractivity contribution in [1.29, 1.82) is 0 Å². The number of para-hydroxylation sites is 2. The van der Waals surface area contributed by atoms with Crippen LogP contribution < -0.4 is 5.46 Å². The third kappa shape index (κ3) is 3.63. The van der Waals surface area contributed by atoms with Gasteiger partial charge in [0, 0.05) is 32.6 Å². The Hall–Kier alpha value is -3.54. The molecule has 0 unspecified atom stereocenters. The molecule has 0 spiro atoms. The van der Waals surface area contributed by atoms with E-state index in [-0.39, 0.29) is 0 Å². The van der Waals surface area contributed by atoms with Crippen LogP contribution in [0.1, 0.15) is 27.7 Å². The van der Waals surface area contributed by atoms with Crippen LogP contribution in [0.25, 0.3) is 54.9 Å². The fourth-order valence-electron chi connectivity index (χ4n) is 4.55. The summed E-state index contributed by atoms with van der Waals surface area (Å²) < 4.78 is 12.4. The molecule has 0 aliphatic rings. The molecule has 2 N–H and O–H groups in total. The predicted molar refractivity (Wildman–Crippen MR) is 145 cm³/mol. The van der Waals surface area contributed by atoms with E-state index in [4.69, 9.17) is 9.07 Å². The van der Waals surface area contributed by atoms with Crippen LogP contribution in [0.5, 0.6) is 0 Å². The summed E-state index contributed by atoms with van der Waals surface area (Å²) in [6.07, 6.45) is 0. The van der Waals surface area contributed by atoms with Crippen molar-refractivity contribution in [2.24, 2.45) is 0 Å². The summed E-state index contributed by atoms with van der Waals surface area (Å²) in [7, 11) is 1.72. The highest BCUT2D eigenvalue weighted by Gasteiger charge is 2.35. The first-order valence-corrected chi connectivity index (χ1v) is 11.9. The Morgan fingerprint density at radius 3 is 2.29 bits per heavy atom. The molecule has 0 saturated heterocycles. The molecular formula is C30H27BNO3. The molecule has 2 aromatic heterocycles. The second kappa shape index (κ2) is 7.74. The number of furan rings is 1. The van der Waals surface area contributed by atoms with E-state index in [1.54, 1.807) is 21.3 Å². The summed E-state index contributed by atoms with van der Waals surface area (Å²) in [5, 5.41) is 15.1. The van der Waals surface area contributed by atoms with Crippen molar-refractivity contribution < 1.29 is 14.2 Å². The summed E-state index contributed by atoms with van der Waals surface area (Å²) >= 11 is 0. The number of aliphatic hydroxyl groups is 1. The molecule has 4 aromatic carbocycles. The number of hydrogen-bond donors (Lipinski definition) is 2. The van der Waals surface area contributed by atoms with Gasteiger partial charge in [-0.15, -0.1) is 0 Å². The minimum absolute atomic E-state index is 0.765. The van der Waals surface area contributed by atoms with Gasteiger partial charge in [-0.1, -0.05) is 48.5 Å². The summed E-state index contributed by atoms with van der Waals surface area (Å²) in [6, 6.07) is 27.2. The maximum absolute atomic E-state index is 10.5. The number of benzene rings is 4. The maximum atomic E-state index is 10.5. The van der Waals surface area contributed by atoms with Gasteiger partial charge in [-0.25, -0.2) is 0 Å². The first kappa shape index (κ1) is 22.0. The largest absolute Gasteiger partial charge is 0.456 e. The van der Waals surface area contributed by atoms with Gasteiger partial charge in [0.2, 0.25) is 0 Å². The molecule has 173 valence electrons. The lowest BCUT2D eigenvalue weighted by Crippen LogP contribution is -2.49. The number of rotatable bonds is 5. The van der Waals surface area contributed by atoms with Gasteiger partial charge >= 0.3 is 7.48 Å². The average Bonchev–Trinajstić information content (AvgIpc) is 3.39. The molecule has 0 saturated carbocycles. The van der Waals surface area contributed by atoms with Gasteiger partial charge in [0.1, 0.15) is 11.2 Å². The zero-order chi connectivity index (χ0) is 24.4. The standard InChI is InChI=1S/C30H27BNO3/c1-29(2,33)30(3,4)35-31-19-16-22(28-21-10-6-8-12-26(21)34-27(28)17-19)18-13-14-25-23(15-18)20-9-5-7-11-24(20)32-25/h5-17,32-33H,1-4H3. The topological polar surface area (TPSA) is 58.4 Å². The fourth-order valence-corrected chi connectivity index (χ4v) is 4.55. The van der Waals surface area contributed by atoms with E-state index in [2.05, 4.69) is 53.5 Å². The third-order valence-corrected chi connectivity index (χ3v) is 7.28. The minimum Gasteiger partial charge on any atom is -0.456 e. The van der Waals surface area contributed by atoms with Crippen LogP contribution in [0.2, 0.25) is 0 Å². The van der Waals surface area contributed by atoms with Crippen molar-refractivity contribution in [3.8, 4) is 11.1 Å².